The predicted octanol–water partition coefficient (Wildman–Crippen LogP) is 2.95. The van der Waals surface area contributed by atoms with Crippen molar-refractivity contribution >= 4 is 23.3 Å². The minimum Gasteiger partial charge on any atom is -0.494 e. The number of ether oxygens (including phenoxy) is 1. The van der Waals surface area contributed by atoms with Crippen molar-refractivity contribution in [2.75, 3.05) is 7.11 Å². The van der Waals surface area contributed by atoms with E-state index in [2.05, 4.69) is 25.8 Å². The molecule has 1 aromatic heterocycles. The zero-order valence-electron chi connectivity index (χ0n) is 22.2. The predicted molar refractivity (Wildman–Crippen MR) is 141 cm³/mol. The van der Waals surface area contributed by atoms with Crippen molar-refractivity contribution in [3.8, 4) is 5.75 Å². The van der Waals surface area contributed by atoms with Gasteiger partial charge in [0.1, 0.15) is 17.2 Å². The van der Waals surface area contributed by atoms with Gasteiger partial charge in [0.2, 0.25) is 5.91 Å². The molecule has 10 nitrogen and oxygen atoms in total. The van der Waals surface area contributed by atoms with Gasteiger partial charge in [0, 0.05) is 31.3 Å². The molecule has 2 atom stereocenters. The average Bonchev–Trinajstić information content (AvgIpc) is 3.39. The van der Waals surface area contributed by atoms with Gasteiger partial charge in [-0.25, -0.2) is 14.4 Å². The maximum Gasteiger partial charge on any atom is 0.270 e. The highest BCUT2D eigenvalue weighted by Gasteiger charge is 2.30. The van der Waals surface area contributed by atoms with Crippen LogP contribution >= 0.6 is 0 Å². The van der Waals surface area contributed by atoms with E-state index in [9.17, 15) is 18.8 Å². The van der Waals surface area contributed by atoms with Crippen molar-refractivity contribution in [3.63, 3.8) is 0 Å². The van der Waals surface area contributed by atoms with Crippen molar-refractivity contribution in [1.29, 1.82) is 0 Å². The number of halogens is 1. The molecule has 4 rings (SSSR count). The minimum absolute atomic E-state index is 0.0148. The molecule has 1 aliphatic heterocycles. The van der Waals surface area contributed by atoms with Crippen LogP contribution in [0.1, 0.15) is 54.3 Å². The SMILES string of the molecule is COc1cc(CNC(=O)c2cc(C3=NOC(C4=CC(CC(=O)NC(C)C)C(=O)C=C4)C3)nc(C)n2)ccc1F. The first-order valence-electron chi connectivity index (χ1n) is 12.5. The van der Waals surface area contributed by atoms with Crippen molar-refractivity contribution in [1.82, 2.24) is 20.6 Å². The molecular formula is C28H30FN5O5. The van der Waals surface area contributed by atoms with Gasteiger partial charge in [-0.3, -0.25) is 14.4 Å². The van der Waals surface area contributed by atoms with Gasteiger partial charge < -0.3 is 20.2 Å². The van der Waals surface area contributed by atoms with Crippen LogP contribution in [-0.2, 0) is 21.0 Å². The normalized spacial score (nSPS) is 18.4. The second kappa shape index (κ2) is 12.0. The Balaban J connectivity index is 1.42. The summed E-state index contributed by atoms with van der Waals surface area (Å²) in [6, 6.07) is 5.87. The highest BCUT2D eigenvalue weighted by molar-refractivity contribution is 6.02. The number of benzene rings is 1. The summed E-state index contributed by atoms with van der Waals surface area (Å²) in [7, 11) is 1.37. The van der Waals surface area contributed by atoms with Crippen LogP contribution in [-0.4, -0.2) is 52.5 Å². The van der Waals surface area contributed by atoms with E-state index in [1.54, 1.807) is 25.1 Å². The summed E-state index contributed by atoms with van der Waals surface area (Å²) in [5, 5.41) is 9.75. The van der Waals surface area contributed by atoms with Crippen molar-refractivity contribution in [2.45, 2.75) is 52.3 Å². The Morgan fingerprint density at radius 2 is 2.00 bits per heavy atom. The molecule has 0 spiro atoms. The molecule has 11 heteroatoms. The summed E-state index contributed by atoms with van der Waals surface area (Å²) >= 11 is 0. The number of methoxy groups -OCH3 is 1. The Bertz CT molecular complexity index is 1380. The Labute approximate surface area is 225 Å². The van der Waals surface area contributed by atoms with Crippen LogP contribution in [0.15, 0.2) is 53.2 Å². The Morgan fingerprint density at radius 3 is 2.74 bits per heavy atom. The third-order valence-electron chi connectivity index (χ3n) is 6.13. The molecule has 2 unspecified atom stereocenters. The minimum atomic E-state index is -0.575. The Morgan fingerprint density at radius 1 is 1.21 bits per heavy atom. The fraction of sp³-hybridized carbons (Fsp3) is 0.357. The maximum absolute atomic E-state index is 13.7. The number of allylic oxidation sites excluding steroid dienone is 2. The molecule has 1 aromatic carbocycles. The maximum atomic E-state index is 13.7. The molecular weight excluding hydrogens is 505 g/mol. The van der Waals surface area contributed by atoms with Crippen LogP contribution in [0.2, 0.25) is 0 Å². The fourth-order valence-corrected chi connectivity index (χ4v) is 4.25. The molecule has 0 fully saturated rings. The Kier molecular flexibility index (Phi) is 8.48. The first-order chi connectivity index (χ1) is 18.6. The molecule has 0 radical (unpaired) electrons. The Hall–Kier alpha value is -4.41. The fourth-order valence-electron chi connectivity index (χ4n) is 4.25. The van der Waals surface area contributed by atoms with E-state index in [0.717, 1.165) is 5.57 Å². The van der Waals surface area contributed by atoms with Crippen LogP contribution in [0.25, 0.3) is 0 Å². The van der Waals surface area contributed by atoms with Gasteiger partial charge >= 0.3 is 0 Å². The number of nitrogens with one attached hydrogen (secondary N) is 2. The lowest BCUT2D eigenvalue weighted by Crippen LogP contribution is -2.33. The lowest BCUT2D eigenvalue weighted by molar-refractivity contribution is -0.126. The van der Waals surface area contributed by atoms with E-state index in [0.29, 0.717) is 29.2 Å². The molecule has 2 amide bonds. The molecule has 0 bridgehead atoms. The smallest absolute Gasteiger partial charge is 0.270 e. The van der Waals surface area contributed by atoms with E-state index in [-0.39, 0.29) is 42.1 Å². The molecule has 0 saturated heterocycles. The van der Waals surface area contributed by atoms with Gasteiger partial charge in [0.15, 0.2) is 23.5 Å². The van der Waals surface area contributed by atoms with E-state index in [4.69, 9.17) is 9.57 Å². The van der Waals surface area contributed by atoms with Crippen LogP contribution in [0.4, 0.5) is 4.39 Å². The van der Waals surface area contributed by atoms with Gasteiger partial charge in [-0.05, 0) is 56.2 Å². The van der Waals surface area contributed by atoms with Crippen LogP contribution < -0.4 is 15.4 Å². The largest absolute Gasteiger partial charge is 0.494 e. The number of ketones is 1. The standard InChI is InChI=1S/C28H30FN5O5/c1-15(2)31-27(36)11-19-10-18(6-8-24(19)35)25-13-22(34-39-25)21-12-23(33-16(3)32-21)28(37)30-14-17-5-7-20(29)26(9-17)38-4/h5-10,12,15,19,25H,11,13-14H2,1-4H3,(H,30,37)(H,31,36). The van der Waals surface area contributed by atoms with Crippen LogP contribution in [0.5, 0.6) is 5.75 Å². The summed E-state index contributed by atoms with van der Waals surface area (Å²) in [5.74, 6) is -1.36. The van der Waals surface area contributed by atoms with Crippen molar-refractivity contribution in [2.24, 2.45) is 11.1 Å². The van der Waals surface area contributed by atoms with Crippen molar-refractivity contribution < 1.29 is 28.3 Å². The molecule has 2 aromatic rings. The van der Waals surface area contributed by atoms with Gasteiger partial charge in [-0.1, -0.05) is 23.4 Å². The summed E-state index contributed by atoms with van der Waals surface area (Å²) in [4.78, 5) is 51.6. The highest BCUT2D eigenvalue weighted by atomic mass is 19.1. The van der Waals surface area contributed by atoms with Crippen LogP contribution in [0, 0.1) is 18.7 Å². The molecule has 204 valence electrons. The topological polar surface area (TPSA) is 132 Å². The van der Waals surface area contributed by atoms with E-state index < -0.39 is 23.7 Å². The third kappa shape index (κ3) is 6.92. The first kappa shape index (κ1) is 27.6. The number of carbonyl (C=O) groups is 3. The lowest BCUT2D eigenvalue weighted by atomic mass is 9.88. The number of carbonyl (C=O) groups excluding carboxylic acids is 3. The number of rotatable bonds is 9. The molecule has 2 heterocycles. The monoisotopic (exact) mass is 535 g/mol. The van der Waals surface area contributed by atoms with Gasteiger partial charge in [-0.2, -0.15) is 0 Å². The number of oxime groups is 1. The summed E-state index contributed by atoms with van der Waals surface area (Å²) < 4.78 is 18.6. The van der Waals surface area contributed by atoms with Crippen LogP contribution in [0.3, 0.4) is 0 Å². The third-order valence-corrected chi connectivity index (χ3v) is 6.13. The average molecular weight is 536 g/mol. The highest BCUT2D eigenvalue weighted by Crippen LogP contribution is 2.27. The number of nitrogens with zero attached hydrogens (tertiary/aromatic N) is 3. The van der Waals surface area contributed by atoms with E-state index >= 15 is 0 Å². The number of aromatic nitrogens is 2. The molecule has 2 N–H and O–H groups in total. The van der Waals surface area contributed by atoms with Gasteiger partial charge in [0.05, 0.1) is 12.8 Å². The second-order valence-corrected chi connectivity index (χ2v) is 9.61. The quantitative estimate of drug-likeness (QED) is 0.505. The summed E-state index contributed by atoms with van der Waals surface area (Å²) in [6.45, 7) is 5.54. The second-order valence-electron chi connectivity index (χ2n) is 9.61. The van der Waals surface area contributed by atoms with E-state index in [1.807, 2.05) is 13.8 Å². The number of hydrogen-bond acceptors (Lipinski definition) is 8. The van der Waals surface area contributed by atoms with Gasteiger partial charge in [0.25, 0.3) is 5.91 Å². The lowest BCUT2D eigenvalue weighted by Gasteiger charge is -2.19. The zero-order valence-corrected chi connectivity index (χ0v) is 22.2. The molecule has 2 aliphatic rings. The molecule has 1 aliphatic carbocycles. The first-order valence-corrected chi connectivity index (χ1v) is 12.5. The molecule has 39 heavy (non-hydrogen) atoms. The van der Waals surface area contributed by atoms with E-state index in [1.165, 1.54) is 31.4 Å². The summed E-state index contributed by atoms with van der Waals surface area (Å²) in [6.07, 6.45) is 4.84. The van der Waals surface area contributed by atoms with Crippen molar-refractivity contribution in [3.05, 3.63) is 76.7 Å². The summed E-state index contributed by atoms with van der Waals surface area (Å²) in [5.41, 5.74) is 2.54. The number of aryl methyl sites for hydroxylation is 1. The van der Waals surface area contributed by atoms with Gasteiger partial charge in [-0.15, -0.1) is 0 Å². The molecule has 0 saturated carbocycles. The zero-order chi connectivity index (χ0) is 28.1. The number of hydrogen-bond donors (Lipinski definition) is 2. The number of amides is 2.